The molecule has 0 amide bonds. The van der Waals surface area contributed by atoms with Crippen molar-refractivity contribution in [2.45, 2.75) is 31.1 Å². The van der Waals surface area contributed by atoms with E-state index in [0.717, 1.165) is 16.5 Å². The first kappa shape index (κ1) is 21.9. The number of thiocarbonyl (C=S) groups is 1. The number of sulfonamides is 1. The van der Waals surface area contributed by atoms with Gasteiger partial charge in [-0.25, -0.2) is 13.6 Å². The quantitative estimate of drug-likeness (QED) is 0.410. The molecular formula is C20H23N5O3S2. The first-order valence-corrected chi connectivity index (χ1v) is 11.0. The second-order valence-electron chi connectivity index (χ2n) is 7.88. The van der Waals surface area contributed by atoms with Gasteiger partial charge in [0.25, 0.3) is 0 Å². The summed E-state index contributed by atoms with van der Waals surface area (Å²) >= 11 is 5.18. The van der Waals surface area contributed by atoms with E-state index in [1.165, 1.54) is 12.1 Å². The lowest BCUT2D eigenvalue weighted by atomic mass is 9.86. The number of aromatic hydroxyl groups is 1. The molecule has 0 aliphatic carbocycles. The Labute approximate surface area is 180 Å². The number of anilines is 1. The highest BCUT2D eigenvalue weighted by Crippen LogP contribution is 2.40. The van der Waals surface area contributed by atoms with Crippen LogP contribution in [0.4, 0.5) is 11.4 Å². The van der Waals surface area contributed by atoms with Gasteiger partial charge in [-0.1, -0.05) is 39.0 Å². The molecule has 0 bridgehead atoms. The number of aryl methyl sites for hydroxylation is 1. The van der Waals surface area contributed by atoms with Crippen LogP contribution in [0.1, 0.15) is 26.3 Å². The van der Waals surface area contributed by atoms with Crippen LogP contribution >= 0.6 is 12.2 Å². The Morgan fingerprint density at radius 1 is 1.20 bits per heavy atom. The van der Waals surface area contributed by atoms with Crippen LogP contribution in [0.2, 0.25) is 0 Å². The summed E-state index contributed by atoms with van der Waals surface area (Å²) in [7, 11) is -2.21. The summed E-state index contributed by atoms with van der Waals surface area (Å²) in [6.07, 6.45) is 0. The van der Waals surface area contributed by atoms with Gasteiger partial charge >= 0.3 is 0 Å². The fraction of sp³-hybridized carbons (Fsp3) is 0.250. The fourth-order valence-corrected chi connectivity index (χ4v) is 3.87. The maximum atomic E-state index is 11.7. The minimum atomic E-state index is -3.93. The zero-order valence-electron chi connectivity index (χ0n) is 17.0. The molecule has 0 fully saturated rings. The standard InChI is InChI=1S/C20H23N5O3S2/c1-20(2,3)12-9-10-15-13(11-12)17(18(26)25(15)4)23-24-19(29)22-14-7-5-6-8-16(14)30(21,27)28/h5-11,26H,1-4H3,(H,22,29)(H2,21,27,28). The Bertz CT molecular complexity index is 1270. The molecule has 3 rings (SSSR count). The lowest BCUT2D eigenvalue weighted by molar-refractivity contribution is 0.436. The Balaban J connectivity index is 1.97. The average molecular weight is 446 g/mol. The molecule has 2 aromatic carbocycles. The van der Waals surface area contributed by atoms with E-state index in [1.54, 1.807) is 23.7 Å². The van der Waals surface area contributed by atoms with Crippen molar-refractivity contribution in [1.29, 1.82) is 0 Å². The van der Waals surface area contributed by atoms with Crippen LogP contribution in [0, 0.1) is 0 Å². The second kappa shape index (κ2) is 7.78. The van der Waals surface area contributed by atoms with Crippen molar-refractivity contribution in [1.82, 2.24) is 4.57 Å². The third-order valence-electron chi connectivity index (χ3n) is 4.68. The van der Waals surface area contributed by atoms with Gasteiger partial charge in [-0.15, -0.1) is 10.2 Å². The first-order chi connectivity index (χ1) is 13.9. The number of nitrogens with zero attached hydrogens (tertiary/aromatic N) is 3. The molecule has 0 aliphatic heterocycles. The molecule has 0 aliphatic rings. The Morgan fingerprint density at radius 3 is 2.50 bits per heavy atom. The number of azo groups is 1. The number of fused-ring (bicyclic) bond motifs is 1. The number of hydrogen-bond donors (Lipinski definition) is 3. The van der Waals surface area contributed by atoms with Gasteiger partial charge in [0.15, 0.2) is 5.69 Å². The van der Waals surface area contributed by atoms with Gasteiger partial charge in [0.05, 0.1) is 11.2 Å². The zero-order valence-corrected chi connectivity index (χ0v) is 18.7. The molecule has 1 aromatic heterocycles. The number of nitrogens with two attached hydrogens (primary N) is 1. The average Bonchev–Trinajstić information content (AvgIpc) is 2.89. The summed E-state index contributed by atoms with van der Waals surface area (Å²) in [6.45, 7) is 6.29. The van der Waals surface area contributed by atoms with Crippen LogP contribution < -0.4 is 10.5 Å². The minimum Gasteiger partial charge on any atom is -0.493 e. The molecule has 8 nitrogen and oxygen atoms in total. The van der Waals surface area contributed by atoms with Gasteiger partial charge in [0.1, 0.15) is 4.90 Å². The van der Waals surface area contributed by atoms with Gasteiger partial charge in [0.2, 0.25) is 21.0 Å². The van der Waals surface area contributed by atoms with Crippen molar-refractivity contribution in [3.63, 3.8) is 0 Å². The molecule has 1 heterocycles. The van der Waals surface area contributed by atoms with Crippen molar-refractivity contribution in [2.75, 3.05) is 5.32 Å². The Kier molecular flexibility index (Phi) is 5.68. The van der Waals surface area contributed by atoms with Crippen LogP contribution in [0.25, 0.3) is 10.9 Å². The normalized spacial score (nSPS) is 12.6. The zero-order chi connectivity index (χ0) is 22.3. The van der Waals surface area contributed by atoms with Crippen molar-refractivity contribution < 1.29 is 13.5 Å². The van der Waals surface area contributed by atoms with Crippen molar-refractivity contribution in [3.05, 3.63) is 48.0 Å². The number of hydrogen-bond acceptors (Lipinski definition) is 5. The van der Waals surface area contributed by atoms with Crippen LogP contribution in [0.15, 0.2) is 57.6 Å². The van der Waals surface area contributed by atoms with E-state index in [2.05, 4.69) is 36.3 Å². The third kappa shape index (κ3) is 4.35. The van der Waals surface area contributed by atoms with Crippen LogP contribution in [0.3, 0.4) is 0 Å². The summed E-state index contributed by atoms with van der Waals surface area (Å²) in [6, 6.07) is 12.0. The largest absolute Gasteiger partial charge is 0.493 e. The summed E-state index contributed by atoms with van der Waals surface area (Å²) in [5.74, 6) is -0.0486. The highest BCUT2D eigenvalue weighted by Gasteiger charge is 2.20. The molecule has 4 N–H and O–H groups in total. The molecule has 158 valence electrons. The van der Waals surface area contributed by atoms with Crippen LogP contribution in [-0.2, 0) is 22.5 Å². The predicted octanol–water partition coefficient (Wildman–Crippen LogP) is 4.31. The van der Waals surface area contributed by atoms with Gasteiger partial charge < -0.3 is 15.0 Å². The number of rotatable bonds is 3. The van der Waals surface area contributed by atoms with E-state index in [-0.39, 0.29) is 32.7 Å². The lowest BCUT2D eigenvalue weighted by Gasteiger charge is -2.19. The van der Waals surface area contributed by atoms with Crippen molar-refractivity contribution in [3.8, 4) is 5.88 Å². The minimum absolute atomic E-state index is 0.0486. The highest BCUT2D eigenvalue weighted by atomic mass is 32.2. The highest BCUT2D eigenvalue weighted by molar-refractivity contribution is 7.89. The molecule has 3 aromatic rings. The fourth-order valence-electron chi connectivity index (χ4n) is 3.03. The molecule has 0 radical (unpaired) electrons. The predicted molar refractivity (Wildman–Crippen MR) is 122 cm³/mol. The number of benzene rings is 2. The number of para-hydroxylation sites is 1. The maximum absolute atomic E-state index is 11.7. The SMILES string of the molecule is Cn1c(O)c(N=NC(=S)Nc2ccccc2S(N)(=O)=O)c2cc(C(C)(C)C)ccc21. The van der Waals surface area contributed by atoms with Crippen LogP contribution in [0.5, 0.6) is 5.88 Å². The number of nitrogens with one attached hydrogen (secondary N) is 1. The summed E-state index contributed by atoms with van der Waals surface area (Å²) < 4.78 is 25.1. The first-order valence-electron chi connectivity index (χ1n) is 9.06. The van der Waals surface area contributed by atoms with Crippen LogP contribution in [-0.4, -0.2) is 23.2 Å². The smallest absolute Gasteiger partial charge is 0.240 e. The van der Waals surface area contributed by atoms with E-state index in [1.807, 2.05) is 18.2 Å². The molecule has 0 atom stereocenters. The van der Waals surface area contributed by atoms with E-state index in [9.17, 15) is 13.5 Å². The summed E-state index contributed by atoms with van der Waals surface area (Å²) in [4.78, 5) is -0.106. The molecule has 0 spiro atoms. The maximum Gasteiger partial charge on any atom is 0.240 e. The molecule has 0 unspecified atom stereocenters. The topological polar surface area (TPSA) is 122 Å². The van der Waals surface area contributed by atoms with E-state index in [4.69, 9.17) is 17.4 Å². The number of aromatic nitrogens is 1. The van der Waals surface area contributed by atoms with Gasteiger partial charge in [-0.2, -0.15) is 0 Å². The monoisotopic (exact) mass is 445 g/mol. The molecule has 30 heavy (non-hydrogen) atoms. The van der Waals surface area contributed by atoms with Gasteiger partial charge in [-0.3, -0.25) is 0 Å². The number of primary sulfonamides is 1. The molecule has 10 heteroatoms. The Morgan fingerprint density at radius 2 is 1.87 bits per heavy atom. The van der Waals surface area contributed by atoms with E-state index >= 15 is 0 Å². The van der Waals surface area contributed by atoms with Crippen molar-refractivity contribution >= 4 is 49.6 Å². The summed E-state index contributed by atoms with van der Waals surface area (Å²) in [5, 5.41) is 27.2. The third-order valence-corrected chi connectivity index (χ3v) is 5.84. The Hall–Kier alpha value is -2.82. The summed E-state index contributed by atoms with van der Waals surface area (Å²) in [5.41, 5.74) is 2.28. The molecular weight excluding hydrogens is 422 g/mol. The van der Waals surface area contributed by atoms with Crippen molar-refractivity contribution in [2.24, 2.45) is 22.4 Å². The lowest BCUT2D eigenvalue weighted by Crippen LogP contribution is -2.16. The molecule has 0 saturated heterocycles. The second-order valence-corrected chi connectivity index (χ2v) is 9.80. The van der Waals surface area contributed by atoms with E-state index < -0.39 is 10.0 Å². The van der Waals surface area contributed by atoms with E-state index in [0.29, 0.717) is 0 Å². The molecule has 0 saturated carbocycles. The van der Waals surface area contributed by atoms with Gasteiger partial charge in [-0.05, 0) is 47.5 Å². The van der Waals surface area contributed by atoms with Gasteiger partial charge in [0, 0.05) is 12.4 Å².